The topological polar surface area (TPSA) is 41.1 Å². The summed E-state index contributed by atoms with van der Waals surface area (Å²) in [5.41, 5.74) is 2.57. The van der Waals surface area contributed by atoms with E-state index >= 15 is 0 Å². The standard InChI is InChI=1S/C16H16Cl2N2O/c1-10-3-6-13(7-4-10)19-11(2)16(21)20-15-9-12(17)5-8-14(15)18/h3-9,11,19H,1-2H3,(H,20,21)/t11-/m1/s1. The van der Waals surface area contributed by atoms with Gasteiger partial charge in [0.15, 0.2) is 0 Å². The first-order valence-electron chi connectivity index (χ1n) is 6.55. The second-order valence-electron chi connectivity index (χ2n) is 4.85. The largest absolute Gasteiger partial charge is 0.374 e. The molecule has 2 N–H and O–H groups in total. The molecule has 3 nitrogen and oxygen atoms in total. The van der Waals surface area contributed by atoms with Crippen LogP contribution in [0.3, 0.4) is 0 Å². The minimum atomic E-state index is -0.400. The summed E-state index contributed by atoms with van der Waals surface area (Å²) in [6.45, 7) is 3.80. The van der Waals surface area contributed by atoms with Gasteiger partial charge in [-0.05, 0) is 44.2 Å². The molecular weight excluding hydrogens is 307 g/mol. The van der Waals surface area contributed by atoms with Crippen LogP contribution < -0.4 is 10.6 Å². The maximum absolute atomic E-state index is 12.2. The highest BCUT2D eigenvalue weighted by Crippen LogP contribution is 2.25. The molecule has 0 bridgehead atoms. The Kier molecular flexibility index (Phi) is 5.10. The van der Waals surface area contributed by atoms with Crippen LogP contribution in [0.2, 0.25) is 10.0 Å². The zero-order valence-corrected chi connectivity index (χ0v) is 13.3. The van der Waals surface area contributed by atoms with Crippen LogP contribution in [0.4, 0.5) is 11.4 Å². The molecule has 0 aromatic heterocycles. The van der Waals surface area contributed by atoms with E-state index in [4.69, 9.17) is 23.2 Å². The number of aryl methyl sites for hydroxylation is 1. The third-order valence-electron chi connectivity index (χ3n) is 3.01. The van der Waals surface area contributed by atoms with Crippen molar-refractivity contribution < 1.29 is 4.79 Å². The normalized spacial score (nSPS) is 11.8. The molecule has 1 amide bonds. The lowest BCUT2D eigenvalue weighted by Crippen LogP contribution is -2.31. The molecule has 2 aromatic carbocycles. The van der Waals surface area contributed by atoms with Gasteiger partial charge in [-0.25, -0.2) is 0 Å². The van der Waals surface area contributed by atoms with Gasteiger partial charge in [0.05, 0.1) is 10.7 Å². The van der Waals surface area contributed by atoms with Gasteiger partial charge in [-0.3, -0.25) is 4.79 Å². The summed E-state index contributed by atoms with van der Waals surface area (Å²) in [7, 11) is 0. The average molecular weight is 323 g/mol. The third kappa shape index (κ3) is 4.38. The van der Waals surface area contributed by atoms with Crippen molar-refractivity contribution >= 4 is 40.5 Å². The Hall–Kier alpha value is -1.71. The number of benzene rings is 2. The van der Waals surface area contributed by atoms with Gasteiger partial charge < -0.3 is 10.6 Å². The molecule has 0 spiro atoms. The zero-order valence-electron chi connectivity index (χ0n) is 11.8. The average Bonchev–Trinajstić information content (AvgIpc) is 2.45. The molecule has 0 aliphatic carbocycles. The van der Waals surface area contributed by atoms with E-state index < -0.39 is 6.04 Å². The molecule has 0 saturated carbocycles. The minimum absolute atomic E-state index is 0.181. The second kappa shape index (κ2) is 6.83. The van der Waals surface area contributed by atoms with Gasteiger partial charge in [0, 0.05) is 10.7 Å². The summed E-state index contributed by atoms with van der Waals surface area (Å²) in [5, 5.41) is 6.88. The highest BCUT2D eigenvalue weighted by atomic mass is 35.5. The second-order valence-corrected chi connectivity index (χ2v) is 5.69. The van der Waals surface area contributed by atoms with E-state index in [0.29, 0.717) is 15.7 Å². The van der Waals surface area contributed by atoms with E-state index in [-0.39, 0.29) is 5.91 Å². The molecule has 110 valence electrons. The molecule has 0 radical (unpaired) electrons. The molecular formula is C16H16Cl2N2O. The molecule has 1 atom stereocenters. The Morgan fingerprint density at radius 1 is 1.10 bits per heavy atom. The first kappa shape index (κ1) is 15.7. The molecule has 5 heteroatoms. The number of halogens is 2. The number of carbonyl (C=O) groups is 1. The Morgan fingerprint density at radius 2 is 1.76 bits per heavy atom. The lowest BCUT2D eigenvalue weighted by molar-refractivity contribution is -0.116. The van der Waals surface area contributed by atoms with E-state index in [1.807, 2.05) is 31.2 Å². The van der Waals surface area contributed by atoms with Gasteiger partial charge in [0.25, 0.3) is 0 Å². The maximum atomic E-state index is 12.2. The van der Waals surface area contributed by atoms with Crippen molar-refractivity contribution in [2.75, 3.05) is 10.6 Å². The van der Waals surface area contributed by atoms with Gasteiger partial charge in [-0.1, -0.05) is 40.9 Å². The van der Waals surface area contributed by atoms with Crippen LogP contribution in [-0.4, -0.2) is 11.9 Å². The van der Waals surface area contributed by atoms with Crippen LogP contribution in [0.1, 0.15) is 12.5 Å². The molecule has 2 aromatic rings. The Balaban J connectivity index is 2.02. The number of carbonyl (C=O) groups excluding carboxylic acids is 1. The minimum Gasteiger partial charge on any atom is -0.374 e. The van der Waals surface area contributed by atoms with E-state index in [1.165, 1.54) is 5.56 Å². The maximum Gasteiger partial charge on any atom is 0.246 e. The van der Waals surface area contributed by atoms with Crippen molar-refractivity contribution in [2.24, 2.45) is 0 Å². The Labute approximate surface area is 134 Å². The van der Waals surface area contributed by atoms with E-state index in [0.717, 1.165) is 5.69 Å². The van der Waals surface area contributed by atoms with Gasteiger partial charge in [0.1, 0.15) is 6.04 Å². The molecule has 0 saturated heterocycles. The first-order chi connectivity index (χ1) is 9.95. The summed E-state index contributed by atoms with van der Waals surface area (Å²) >= 11 is 11.9. The predicted molar refractivity (Wildman–Crippen MR) is 89.4 cm³/mol. The van der Waals surface area contributed by atoms with E-state index in [9.17, 15) is 4.79 Å². The molecule has 21 heavy (non-hydrogen) atoms. The number of hydrogen-bond donors (Lipinski definition) is 2. The fourth-order valence-corrected chi connectivity index (χ4v) is 2.14. The number of amides is 1. The third-order valence-corrected chi connectivity index (χ3v) is 3.58. The van der Waals surface area contributed by atoms with Crippen LogP contribution in [0.15, 0.2) is 42.5 Å². The lowest BCUT2D eigenvalue weighted by Gasteiger charge is -2.16. The number of hydrogen-bond acceptors (Lipinski definition) is 2. The van der Waals surface area contributed by atoms with Crippen molar-refractivity contribution in [1.29, 1.82) is 0 Å². The summed E-state index contributed by atoms with van der Waals surface area (Å²) < 4.78 is 0. The first-order valence-corrected chi connectivity index (χ1v) is 7.30. The van der Waals surface area contributed by atoms with Crippen molar-refractivity contribution in [3.05, 3.63) is 58.1 Å². The lowest BCUT2D eigenvalue weighted by atomic mass is 10.2. The van der Waals surface area contributed by atoms with Crippen molar-refractivity contribution in [2.45, 2.75) is 19.9 Å². The number of rotatable bonds is 4. The summed E-state index contributed by atoms with van der Waals surface area (Å²) in [4.78, 5) is 12.2. The van der Waals surface area contributed by atoms with E-state index in [1.54, 1.807) is 25.1 Å². The van der Waals surface area contributed by atoms with Gasteiger partial charge >= 0.3 is 0 Å². The van der Waals surface area contributed by atoms with Crippen LogP contribution in [-0.2, 0) is 4.79 Å². The zero-order chi connectivity index (χ0) is 15.4. The summed E-state index contributed by atoms with van der Waals surface area (Å²) in [5.74, 6) is -0.181. The quantitative estimate of drug-likeness (QED) is 0.853. The fourth-order valence-electron chi connectivity index (χ4n) is 1.80. The van der Waals surface area contributed by atoms with Crippen molar-refractivity contribution in [1.82, 2.24) is 0 Å². The molecule has 0 fully saturated rings. The summed E-state index contributed by atoms with van der Waals surface area (Å²) in [6, 6.07) is 12.4. The van der Waals surface area contributed by atoms with Crippen molar-refractivity contribution in [3.8, 4) is 0 Å². The Morgan fingerprint density at radius 3 is 2.43 bits per heavy atom. The monoisotopic (exact) mass is 322 g/mol. The van der Waals surface area contributed by atoms with Gasteiger partial charge in [-0.15, -0.1) is 0 Å². The van der Waals surface area contributed by atoms with Crippen molar-refractivity contribution in [3.63, 3.8) is 0 Å². The number of nitrogens with one attached hydrogen (secondary N) is 2. The van der Waals surface area contributed by atoms with Crippen LogP contribution in [0, 0.1) is 6.92 Å². The van der Waals surface area contributed by atoms with E-state index in [2.05, 4.69) is 10.6 Å². The van der Waals surface area contributed by atoms with Crippen LogP contribution in [0.25, 0.3) is 0 Å². The van der Waals surface area contributed by atoms with Gasteiger partial charge in [-0.2, -0.15) is 0 Å². The van der Waals surface area contributed by atoms with Crippen LogP contribution in [0.5, 0.6) is 0 Å². The fraction of sp³-hybridized carbons (Fsp3) is 0.188. The molecule has 2 rings (SSSR count). The highest BCUT2D eigenvalue weighted by molar-refractivity contribution is 6.35. The molecule has 0 unspecified atom stereocenters. The Bertz CT molecular complexity index is 641. The molecule has 0 aliphatic heterocycles. The predicted octanol–water partition coefficient (Wildman–Crippen LogP) is 4.74. The molecule has 0 heterocycles. The molecule has 0 aliphatic rings. The number of anilines is 2. The highest BCUT2D eigenvalue weighted by Gasteiger charge is 2.14. The smallest absolute Gasteiger partial charge is 0.246 e. The summed E-state index contributed by atoms with van der Waals surface area (Å²) in [6.07, 6.45) is 0. The SMILES string of the molecule is Cc1ccc(N[C@H](C)C(=O)Nc2cc(Cl)ccc2Cl)cc1. The van der Waals surface area contributed by atoms with Gasteiger partial charge in [0.2, 0.25) is 5.91 Å². The van der Waals surface area contributed by atoms with Crippen LogP contribution >= 0.6 is 23.2 Å².